The minimum Gasteiger partial charge on any atom is -0.481 e. The van der Waals surface area contributed by atoms with Gasteiger partial charge in [-0.25, -0.2) is 4.98 Å². The Morgan fingerprint density at radius 2 is 2.28 bits per heavy atom. The maximum Gasteiger partial charge on any atom is 0.308 e. The number of hydrogen-bond donors (Lipinski definition) is 1. The van der Waals surface area contributed by atoms with Gasteiger partial charge in [-0.1, -0.05) is 0 Å². The molecule has 1 aliphatic rings. The maximum atomic E-state index is 13.4. The maximum absolute atomic E-state index is 13.4. The number of nitrogens with zero attached hydrogens (tertiary/aromatic N) is 2. The molecular formula is C12H13FN2O3. The first kappa shape index (κ1) is 12.5. The second-order valence-corrected chi connectivity index (χ2v) is 4.27. The van der Waals surface area contributed by atoms with Crippen LogP contribution in [0.3, 0.4) is 0 Å². The largest absolute Gasteiger partial charge is 0.481 e. The van der Waals surface area contributed by atoms with Crippen molar-refractivity contribution in [1.29, 1.82) is 0 Å². The van der Waals surface area contributed by atoms with Crippen molar-refractivity contribution in [2.75, 3.05) is 13.1 Å². The minimum absolute atomic E-state index is 0.108. The average Bonchev–Trinajstić information content (AvgIpc) is 2.38. The summed E-state index contributed by atoms with van der Waals surface area (Å²) < 4.78 is 13.4. The Labute approximate surface area is 103 Å². The Balaban J connectivity index is 2.14. The van der Waals surface area contributed by atoms with Crippen LogP contribution in [0.1, 0.15) is 23.2 Å². The number of aromatic nitrogens is 1. The highest BCUT2D eigenvalue weighted by atomic mass is 19.1. The van der Waals surface area contributed by atoms with Crippen LogP contribution in [0, 0.1) is 11.9 Å². The Hall–Kier alpha value is -1.98. The smallest absolute Gasteiger partial charge is 0.308 e. The van der Waals surface area contributed by atoms with Crippen molar-refractivity contribution in [3.63, 3.8) is 0 Å². The molecule has 0 unspecified atom stereocenters. The lowest BCUT2D eigenvalue weighted by molar-refractivity contribution is -0.143. The van der Waals surface area contributed by atoms with E-state index in [2.05, 4.69) is 4.98 Å². The van der Waals surface area contributed by atoms with Crippen molar-refractivity contribution < 1.29 is 19.1 Å². The number of rotatable bonds is 2. The third-order valence-corrected chi connectivity index (χ3v) is 3.05. The SMILES string of the molecule is O=C(O)[C@@H]1CCCN(C(=O)c2cccnc2F)C1. The van der Waals surface area contributed by atoms with E-state index < -0.39 is 23.7 Å². The van der Waals surface area contributed by atoms with Gasteiger partial charge in [0.2, 0.25) is 5.95 Å². The third-order valence-electron chi connectivity index (χ3n) is 3.05. The molecule has 18 heavy (non-hydrogen) atoms. The number of pyridine rings is 1. The second kappa shape index (κ2) is 5.12. The molecule has 1 aromatic heterocycles. The number of carbonyl (C=O) groups excluding carboxylic acids is 1. The van der Waals surface area contributed by atoms with Crippen molar-refractivity contribution >= 4 is 11.9 Å². The van der Waals surface area contributed by atoms with E-state index >= 15 is 0 Å². The van der Waals surface area contributed by atoms with Crippen LogP contribution >= 0.6 is 0 Å². The second-order valence-electron chi connectivity index (χ2n) is 4.27. The predicted molar refractivity (Wildman–Crippen MR) is 60.5 cm³/mol. The molecule has 0 aromatic carbocycles. The van der Waals surface area contributed by atoms with Crippen LogP contribution in [0.4, 0.5) is 4.39 Å². The van der Waals surface area contributed by atoms with Gasteiger partial charge >= 0.3 is 5.97 Å². The molecule has 2 heterocycles. The van der Waals surface area contributed by atoms with Crippen LogP contribution in [0.2, 0.25) is 0 Å². The summed E-state index contributed by atoms with van der Waals surface area (Å²) in [7, 11) is 0. The molecule has 2 rings (SSSR count). The average molecular weight is 252 g/mol. The lowest BCUT2D eigenvalue weighted by Gasteiger charge is -2.30. The van der Waals surface area contributed by atoms with E-state index in [1.807, 2.05) is 0 Å². The van der Waals surface area contributed by atoms with E-state index in [9.17, 15) is 14.0 Å². The highest BCUT2D eigenvalue weighted by Crippen LogP contribution is 2.19. The molecule has 1 saturated heterocycles. The molecule has 1 N–H and O–H groups in total. The molecule has 5 nitrogen and oxygen atoms in total. The molecule has 0 spiro atoms. The summed E-state index contributed by atoms with van der Waals surface area (Å²) in [5, 5.41) is 8.94. The number of piperidine rings is 1. The molecule has 0 saturated carbocycles. The van der Waals surface area contributed by atoms with Crippen LogP contribution in [-0.2, 0) is 4.79 Å². The molecule has 0 aliphatic carbocycles. The van der Waals surface area contributed by atoms with Gasteiger partial charge in [0, 0.05) is 19.3 Å². The molecule has 6 heteroatoms. The van der Waals surface area contributed by atoms with Crippen molar-refractivity contribution in [3.8, 4) is 0 Å². The highest BCUT2D eigenvalue weighted by molar-refractivity contribution is 5.94. The van der Waals surface area contributed by atoms with Gasteiger partial charge in [-0.15, -0.1) is 0 Å². The van der Waals surface area contributed by atoms with Gasteiger partial charge in [-0.3, -0.25) is 9.59 Å². The Kier molecular flexibility index (Phi) is 3.55. The fraction of sp³-hybridized carbons (Fsp3) is 0.417. The number of likely N-dealkylation sites (tertiary alicyclic amines) is 1. The van der Waals surface area contributed by atoms with Crippen LogP contribution in [0.5, 0.6) is 0 Å². The van der Waals surface area contributed by atoms with Crippen molar-refractivity contribution in [3.05, 3.63) is 29.8 Å². The monoisotopic (exact) mass is 252 g/mol. The van der Waals surface area contributed by atoms with Gasteiger partial charge in [-0.05, 0) is 25.0 Å². The predicted octanol–water partition coefficient (Wildman–Crippen LogP) is 1.16. The Morgan fingerprint density at radius 3 is 2.94 bits per heavy atom. The fourth-order valence-corrected chi connectivity index (χ4v) is 2.08. The number of hydrogen-bond acceptors (Lipinski definition) is 3. The zero-order valence-electron chi connectivity index (χ0n) is 9.67. The summed E-state index contributed by atoms with van der Waals surface area (Å²) >= 11 is 0. The summed E-state index contributed by atoms with van der Waals surface area (Å²) in [6, 6.07) is 2.84. The van der Waals surface area contributed by atoms with Gasteiger partial charge in [-0.2, -0.15) is 4.39 Å². The zero-order valence-corrected chi connectivity index (χ0v) is 9.67. The molecule has 96 valence electrons. The van der Waals surface area contributed by atoms with E-state index in [0.29, 0.717) is 19.4 Å². The first-order chi connectivity index (χ1) is 8.59. The number of halogens is 1. The zero-order chi connectivity index (χ0) is 13.1. The van der Waals surface area contributed by atoms with Crippen molar-refractivity contribution in [2.24, 2.45) is 5.92 Å². The topological polar surface area (TPSA) is 70.5 Å². The van der Waals surface area contributed by atoms with Crippen molar-refractivity contribution in [1.82, 2.24) is 9.88 Å². The first-order valence-electron chi connectivity index (χ1n) is 5.72. The van der Waals surface area contributed by atoms with Crippen molar-refractivity contribution in [2.45, 2.75) is 12.8 Å². The molecule has 1 amide bonds. The molecule has 1 aliphatic heterocycles. The summed E-state index contributed by atoms with van der Waals surface area (Å²) in [6.45, 7) is 0.583. The Morgan fingerprint density at radius 1 is 1.50 bits per heavy atom. The van der Waals surface area contributed by atoms with Gasteiger partial charge in [0.25, 0.3) is 5.91 Å². The normalized spacial score (nSPS) is 19.6. The number of amides is 1. The fourth-order valence-electron chi connectivity index (χ4n) is 2.08. The summed E-state index contributed by atoms with van der Waals surface area (Å²) in [5.74, 6) is -2.80. The summed E-state index contributed by atoms with van der Waals surface area (Å²) in [4.78, 5) is 27.7. The molecule has 1 aromatic rings. The van der Waals surface area contributed by atoms with E-state index in [1.54, 1.807) is 0 Å². The summed E-state index contributed by atoms with van der Waals surface area (Å²) in [5.41, 5.74) is -0.108. The van der Waals surface area contributed by atoms with Crippen LogP contribution < -0.4 is 0 Å². The van der Waals surface area contributed by atoms with E-state index in [0.717, 1.165) is 0 Å². The molecule has 1 atom stereocenters. The standard InChI is InChI=1S/C12H13FN2O3/c13-10-9(4-1-5-14-10)11(16)15-6-2-3-8(7-15)12(17)18/h1,4-5,8H,2-3,6-7H2,(H,17,18)/t8-/m1/s1. The van der Waals surface area contributed by atoms with E-state index in [4.69, 9.17) is 5.11 Å². The lowest BCUT2D eigenvalue weighted by Crippen LogP contribution is -2.42. The van der Waals surface area contributed by atoms with E-state index in [-0.39, 0.29) is 12.1 Å². The van der Waals surface area contributed by atoms with Crippen LogP contribution in [-0.4, -0.2) is 40.0 Å². The Bertz CT molecular complexity index is 478. The highest BCUT2D eigenvalue weighted by Gasteiger charge is 2.29. The van der Waals surface area contributed by atoms with Gasteiger partial charge in [0.15, 0.2) is 0 Å². The van der Waals surface area contributed by atoms with Crippen LogP contribution in [0.15, 0.2) is 18.3 Å². The van der Waals surface area contributed by atoms with Gasteiger partial charge in [0.05, 0.1) is 11.5 Å². The van der Waals surface area contributed by atoms with E-state index in [1.165, 1.54) is 23.2 Å². The molecular weight excluding hydrogens is 239 g/mol. The summed E-state index contributed by atoms with van der Waals surface area (Å²) in [6.07, 6.45) is 2.43. The number of carboxylic acids is 1. The molecule has 1 fully saturated rings. The number of aliphatic carboxylic acids is 1. The number of carboxylic acid groups (broad SMARTS) is 1. The van der Waals surface area contributed by atoms with Crippen LogP contribution in [0.25, 0.3) is 0 Å². The lowest BCUT2D eigenvalue weighted by atomic mass is 9.98. The minimum atomic E-state index is -0.917. The molecule has 0 radical (unpaired) electrons. The third kappa shape index (κ3) is 2.47. The van der Waals surface area contributed by atoms with Gasteiger partial charge < -0.3 is 10.0 Å². The quantitative estimate of drug-likeness (QED) is 0.802. The first-order valence-corrected chi connectivity index (χ1v) is 5.72. The molecule has 0 bridgehead atoms. The number of carbonyl (C=O) groups is 2. The van der Waals surface area contributed by atoms with Gasteiger partial charge in [0.1, 0.15) is 0 Å².